The van der Waals surface area contributed by atoms with Crippen LogP contribution in [0.25, 0.3) is 0 Å². The number of fused-ring (bicyclic) bond motifs is 5. The molecule has 0 heterocycles. The quantitative estimate of drug-likeness (QED) is 0.0352. The molecule has 78 heavy (non-hydrogen) atoms. The van der Waals surface area contributed by atoms with Gasteiger partial charge in [0.25, 0.3) is 0 Å². The maximum absolute atomic E-state index is 13.1. The van der Waals surface area contributed by atoms with Crippen LogP contribution in [0, 0.1) is 46.3 Å². The number of unbranched alkanes of at least 4 members (excludes halogenated alkanes) is 2. The van der Waals surface area contributed by atoms with Crippen molar-refractivity contribution in [2.45, 2.75) is 188 Å². The lowest BCUT2D eigenvalue weighted by Crippen LogP contribution is -2.58. The highest BCUT2D eigenvalue weighted by molar-refractivity contribution is 5.77. The number of ether oxygens (including phenoxy) is 8. The summed E-state index contributed by atoms with van der Waals surface area (Å²) < 4.78 is 42.0. The number of rotatable bonds is 39. The highest BCUT2D eigenvalue weighted by Gasteiger charge is 2.63. The Bertz CT molecular complexity index is 1840. The Morgan fingerprint density at radius 3 is 1.56 bits per heavy atom. The number of hydrogen-bond donors (Lipinski definition) is 2. The summed E-state index contributed by atoms with van der Waals surface area (Å²) in [4.78, 5) is 89.9. The first-order valence-electron chi connectivity index (χ1n) is 29.8. The summed E-state index contributed by atoms with van der Waals surface area (Å²) in [6.45, 7) is 12.8. The van der Waals surface area contributed by atoms with E-state index in [1.165, 1.54) is 20.0 Å². The lowest BCUT2D eigenvalue weighted by atomic mass is 9.43. The summed E-state index contributed by atoms with van der Waals surface area (Å²) in [6, 6.07) is 0. The molecular formula is C59H100N2O17. The first-order valence-corrected chi connectivity index (χ1v) is 29.8. The molecule has 19 nitrogen and oxygen atoms in total. The third-order valence-electron chi connectivity index (χ3n) is 17.8. The van der Waals surface area contributed by atoms with E-state index in [2.05, 4.69) is 20.8 Å². The predicted molar refractivity (Wildman–Crippen MR) is 289 cm³/mol. The third kappa shape index (κ3) is 22.6. The zero-order valence-electron chi connectivity index (χ0n) is 48.5. The van der Waals surface area contributed by atoms with E-state index in [4.69, 9.17) is 37.9 Å². The highest BCUT2D eigenvalue weighted by atomic mass is 16.6. The molecule has 4 aliphatic rings. The van der Waals surface area contributed by atoms with Crippen LogP contribution in [-0.2, 0) is 71.5 Å². The largest absolute Gasteiger partial charge is 0.466 e. The highest BCUT2D eigenvalue weighted by Crippen LogP contribution is 2.68. The first-order chi connectivity index (χ1) is 37.4. The van der Waals surface area contributed by atoms with Gasteiger partial charge in [0.2, 0.25) is 0 Å². The van der Waals surface area contributed by atoms with E-state index in [0.717, 1.165) is 44.9 Å². The van der Waals surface area contributed by atoms with E-state index in [0.29, 0.717) is 120 Å². The summed E-state index contributed by atoms with van der Waals surface area (Å²) in [7, 11) is 3.35. The van der Waals surface area contributed by atoms with Gasteiger partial charge < -0.3 is 57.9 Å². The minimum Gasteiger partial charge on any atom is -0.466 e. The van der Waals surface area contributed by atoms with E-state index >= 15 is 0 Å². The molecule has 0 radical (unpaired) electrons. The van der Waals surface area contributed by atoms with Gasteiger partial charge in [-0.25, -0.2) is 0 Å². The van der Waals surface area contributed by atoms with E-state index in [1.54, 1.807) is 0 Å². The van der Waals surface area contributed by atoms with Crippen LogP contribution in [0.4, 0.5) is 0 Å². The number of nitrogens with zero attached hydrogens (tertiary/aromatic N) is 2. The molecule has 0 aromatic rings. The summed E-state index contributed by atoms with van der Waals surface area (Å²) in [5.41, 5.74) is 0.00893. The number of carbonyl (C=O) groups is 7. The zero-order valence-corrected chi connectivity index (χ0v) is 48.5. The molecule has 19 heteroatoms. The lowest BCUT2D eigenvalue weighted by Gasteiger charge is -2.62. The molecule has 0 bridgehead atoms. The van der Waals surface area contributed by atoms with Crippen molar-refractivity contribution in [3.8, 4) is 0 Å². The summed E-state index contributed by atoms with van der Waals surface area (Å²) in [6.07, 6.45) is 13.2. The Kier molecular flexibility index (Phi) is 30.5. The molecule has 0 saturated heterocycles. The normalized spacial score (nSPS) is 25.7. The fourth-order valence-electron chi connectivity index (χ4n) is 13.2. The topological polar surface area (TPSA) is 240 Å². The van der Waals surface area contributed by atoms with Gasteiger partial charge in [-0.3, -0.25) is 33.6 Å². The van der Waals surface area contributed by atoms with Crippen LogP contribution < -0.4 is 0 Å². The molecule has 0 amide bonds. The van der Waals surface area contributed by atoms with Crippen molar-refractivity contribution < 1.29 is 81.7 Å². The number of hydrogen-bond acceptors (Lipinski definition) is 19. The standard InChI is InChI=1S/C59H100N2O17/c1-7-14-51(64)72-33-8-9-35-74-56(69)25-31-61(32-26-57(70)75-36-11-10-34-73-55(68)24-30-60(5)28-12-37-76-53(66)21-22-54(67)78-40-39-71-6)29-13-38-77-52(65)20-15-43(2)47-18-19-48-46-17-16-44-41-45(62)23-27-58(44,3)49(46)42-50(63)59(47,48)4/h43-50,62-63H,7-42H2,1-6H3/t43-,44-,45?,46+,47-,48+,49+,50+,58+,59-/m1/s1. The van der Waals surface area contributed by atoms with Gasteiger partial charge in [-0.15, -0.1) is 0 Å². The second-order valence-corrected chi connectivity index (χ2v) is 23.2. The van der Waals surface area contributed by atoms with Gasteiger partial charge in [-0.05, 0) is 156 Å². The Morgan fingerprint density at radius 2 is 1.01 bits per heavy atom. The number of aliphatic hydroxyl groups excluding tert-OH is 2. The van der Waals surface area contributed by atoms with E-state index in [9.17, 15) is 43.8 Å². The SMILES string of the molecule is CCCC(=O)OCCCCOC(=O)CCN(CCCOC(=O)CC[C@@H](C)[C@H]1CC[C@H]2[C@@H]3CC[C@@H]4CC(O)CC[C@]4(C)[C@H]3C[C@H](O)[C@]12C)CCC(=O)OCCCCOC(=O)CCN(C)CCCOC(=O)CCC(=O)OCCOC. The van der Waals surface area contributed by atoms with Gasteiger partial charge >= 0.3 is 41.8 Å². The Balaban J connectivity index is 1.11. The van der Waals surface area contributed by atoms with Crippen molar-refractivity contribution in [2.75, 3.05) is 99.7 Å². The molecule has 448 valence electrons. The maximum atomic E-state index is 13.1. The second-order valence-electron chi connectivity index (χ2n) is 23.2. The Hall–Kier alpha value is -3.91. The van der Waals surface area contributed by atoms with E-state index < -0.39 is 17.9 Å². The third-order valence-corrected chi connectivity index (χ3v) is 17.8. The van der Waals surface area contributed by atoms with Crippen molar-refractivity contribution in [1.82, 2.24) is 9.80 Å². The summed E-state index contributed by atoms with van der Waals surface area (Å²) >= 11 is 0. The van der Waals surface area contributed by atoms with Crippen molar-refractivity contribution in [3.63, 3.8) is 0 Å². The van der Waals surface area contributed by atoms with E-state index in [1.807, 2.05) is 23.8 Å². The second kappa shape index (κ2) is 35.7. The molecular weight excluding hydrogens is 1010 g/mol. The first kappa shape index (κ1) is 66.6. The molecule has 4 saturated carbocycles. The number of aliphatic hydroxyl groups is 2. The van der Waals surface area contributed by atoms with E-state index in [-0.39, 0.29) is 138 Å². The van der Waals surface area contributed by atoms with Crippen LogP contribution >= 0.6 is 0 Å². The van der Waals surface area contributed by atoms with Crippen LogP contribution in [0.2, 0.25) is 0 Å². The van der Waals surface area contributed by atoms with Gasteiger partial charge in [0.05, 0.1) is 90.6 Å². The fraction of sp³-hybridized carbons (Fsp3) is 0.881. The summed E-state index contributed by atoms with van der Waals surface area (Å²) in [5, 5.41) is 22.4. The Morgan fingerprint density at radius 1 is 0.526 bits per heavy atom. The minimum absolute atomic E-state index is 0.0576. The number of esters is 7. The Labute approximate surface area is 465 Å². The molecule has 0 aromatic heterocycles. The predicted octanol–water partition coefficient (Wildman–Crippen LogP) is 7.17. The minimum atomic E-state index is -0.485. The molecule has 4 rings (SSSR count). The number of methoxy groups -OCH3 is 1. The average Bonchev–Trinajstić information content (AvgIpc) is 4.01. The van der Waals surface area contributed by atoms with Gasteiger partial charge in [-0.2, -0.15) is 0 Å². The fourth-order valence-corrected chi connectivity index (χ4v) is 13.2. The maximum Gasteiger partial charge on any atom is 0.307 e. The molecule has 0 aliphatic heterocycles. The lowest BCUT2D eigenvalue weighted by molar-refractivity contribution is -0.175. The van der Waals surface area contributed by atoms with Crippen LogP contribution in [0.1, 0.15) is 175 Å². The van der Waals surface area contributed by atoms with Gasteiger partial charge in [0.1, 0.15) is 6.61 Å². The molecule has 4 aliphatic carbocycles. The van der Waals surface area contributed by atoms with Gasteiger partial charge in [0, 0.05) is 52.7 Å². The van der Waals surface area contributed by atoms with Crippen LogP contribution in [-0.4, -0.2) is 174 Å². The monoisotopic (exact) mass is 1110 g/mol. The molecule has 1 unspecified atom stereocenters. The molecule has 4 fully saturated rings. The van der Waals surface area contributed by atoms with Gasteiger partial charge in [-0.1, -0.05) is 27.7 Å². The smallest absolute Gasteiger partial charge is 0.307 e. The molecule has 0 aromatic carbocycles. The average molecular weight is 1110 g/mol. The van der Waals surface area contributed by atoms with Gasteiger partial charge in [0.15, 0.2) is 0 Å². The van der Waals surface area contributed by atoms with Crippen molar-refractivity contribution in [3.05, 3.63) is 0 Å². The zero-order chi connectivity index (χ0) is 56.9. The molecule has 0 spiro atoms. The van der Waals surface area contributed by atoms with Crippen LogP contribution in [0.5, 0.6) is 0 Å². The van der Waals surface area contributed by atoms with Crippen molar-refractivity contribution >= 4 is 41.8 Å². The number of carbonyl (C=O) groups excluding carboxylic acids is 7. The van der Waals surface area contributed by atoms with Crippen molar-refractivity contribution in [1.29, 1.82) is 0 Å². The van der Waals surface area contributed by atoms with Crippen LogP contribution in [0.3, 0.4) is 0 Å². The molecule has 2 N–H and O–H groups in total. The molecule has 10 atom stereocenters. The van der Waals surface area contributed by atoms with Crippen LogP contribution in [0.15, 0.2) is 0 Å². The summed E-state index contributed by atoms with van der Waals surface area (Å²) in [5.74, 6) is 0.123. The van der Waals surface area contributed by atoms with Crippen molar-refractivity contribution in [2.24, 2.45) is 46.3 Å².